The third-order valence-corrected chi connectivity index (χ3v) is 3.48. The average Bonchev–Trinajstić information content (AvgIpc) is 2.95. The predicted molar refractivity (Wildman–Crippen MR) is 81.3 cm³/mol. The highest BCUT2D eigenvalue weighted by Gasteiger charge is 2.32. The van der Waals surface area contributed by atoms with Gasteiger partial charge < -0.3 is 4.74 Å². The maximum atomic E-state index is 12.8. The van der Waals surface area contributed by atoms with E-state index in [1.165, 1.54) is 6.07 Å². The second-order valence-electron chi connectivity index (χ2n) is 5.05. The number of nitrogens with zero attached hydrogens (tertiary/aromatic N) is 2. The summed E-state index contributed by atoms with van der Waals surface area (Å²) in [6.45, 7) is 3.90. The van der Waals surface area contributed by atoms with Crippen molar-refractivity contribution in [2.24, 2.45) is 4.99 Å². The molecule has 0 aliphatic carbocycles. The summed E-state index contributed by atoms with van der Waals surface area (Å²) in [4.78, 5) is 8.35. The van der Waals surface area contributed by atoms with Crippen LogP contribution >= 0.6 is 0 Å². The number of rotatable bonds is 4. The van der Waals surface area contributed by atoms with Gasteiger partial charge in [-0.15, -0.1) is 0 Å². The number of benzene rings is 1. The Kier molecular flexibility index (Phi) is 3.90. The van der Waals surface area contributed by atoms with Crippen LogP contribution in [0.1, 0.15) is 16.7 Å². The molecule has 2 heterocycles. The van der Waals surface area contributed by atoms with Gasteiger partial charge in [0, 0.05) is 18.2 Å². The number of fused-ring (bicyclic) bond motifs is 1. The van der Waals surface area contributed by atoms with Gasteiger partial charge in [-0.2, -0.15) is 13.2 Å². The molecule has 1 aliphatic rings. The zero-order valence-electron chi connectivity index (χ0n) is 12.1. The van der Waals surface area contributed by atoms with E-state index in [9.17, 15) is 13.2 Å². The molecule has 3 nitrogen and oxygen atoms in total. The molecule has 0 radical (unpaired) electrons. The fourth-order valence-corrected chi connectivity index (χ4v) is 2.40. The van der Waals surface area contributed by atoms with E-state index in [0.717, 1.165) is 23.3 Å². The fourth-order valence-electron chi connectivity index (χ4n) is 2.40. The average molecular weight is 318 g/mol. The number of hydrogen-bond acceptors (Lipinski definition) is 3. The summed E-state index contributed by atoms with van der Waals surface area (Å²) in [6, 6.07) is 5.38. The maximum Gasteiger partial charge on any atom is 0.416 e. The molecule has 0 fully saturated rings. The van der Waals surface area contributed by atoms with E-state index in [1.54, 1.807) is 24.5 Å². The largest absolute Gasteiger partial charge is 0.487 e. The molecule has 1 aromatic carbocycles. The van der Waals surface area contributed by atoms with Crippen molar-refractivity contribution in [1.29, 1.82) is 0 Å². The van der Waals surface area contributed by atoms with Crippen LogP contribution in [0.25, 0.3) is 0 Å². The smallest absolute Gasteiger partial charge is 0.416 e. The second-order valence-corrected chi connectivity index (χ2v) is 5.05. The molecule has 0 saturated carbocycles. The van der Waals surface area contributed by atoms with Gasteiger partial charge in [0.15, 0.2) is 0 Å². The fraction of sp³-hybridized carbons (Fsp3) is 0.176. The predicted octanol–water partition coefficient (Wildman–Crippen LogP) is 4.34. The molecule has 23 heavy (non-hydrogen) atoms. The van der Waals surface area contributed by atoms with E-state index < -0.39 is 11.7 Å². The lowest BCUT2D eigenvalue weighted by molar-refractivity contribution is -0.137. The number of halogens is 3. The van der Waals surface area contributed by atoms with Crippen LogP contribution in [0.4, 0.5) is 18.9 Å². The van der Waals surface area contributed by atoms with E-state index in [0.29, 0.717) is 30.2 Å². The quantitative estimate of drug-likeness (QED) is 0.786. The van der Waals surface area contributed by atoms with Crippen molar-refractivity contribution in [2.75, 3.05) is 6.61 Å². The highest BCUT2D eigenvalue weighted by molar-refractivity contribution is 6.08. The van der Waals surface area contributed by atoms with E-state index in [-0.39, 0.29) is 0 Å². The minimum atomic E-state index is -4.37. The van der Waals surface area contributed by atoms with Crippen molar-refractivity contribution in [3.8, 4) is 5.75 Å². The third-order valence-electron chi connectivity index (χ3n) is 3.48. The summed E-state index contributed by atoms with van der Waals surface area (Å²) in [7, 11) is 0. The number of aromatic nitrogens is 1. The highest BCUT2D eigenvalue weighted by atomic mass is 19.4. The molecule has 1 aromatic heterocycles. The van der Waals surface area contributed by atoms with Crippen molar-refractivity contribution >= 4 is 11.4 Å². The SMILES string of the molecule is C=CCOc1cnccc1C1=Nc2cc(C(F)(F)F)ccc2C1. The standard InChI is InChI=1S/C17H13F3N2O/c1-2-7-23-16-10-21-6-5-13(16)15-8-11-3-4-12(17(18,19)20)9-14(11)22-15/h2-6,9-10H,1,7-8H2. The minimum absolute atomic E-state index is 0.317. The molecule has 1 aliphatic heterocycles. The molecule has 0 N–H and O–H groups in total. The van der Waals surface area contributed by atoms with Gasteiger partial charge in [-0.05, 0) is 23.8 Å². The van der Waals surface area contributed by atoms with Gasteiger partial charge in [-0.25, -0.2) is 0 Å². The van der Waals surface area contributed by atoms with Crippen LogP contribution in [0.3, 0.4) is 0 Å². The zero-order valence-corrected chi connectivity index (χ0v) is 12.1. The molecule has 3 rings (SSSR count). The molecule has 0 atom stereocenters. The van der Waals surface area contributed by atoms with Crippen LogP contribution in [-0.4, -0.2) is 17.3 Å². The molecular weight excluding hydrogens is 305 g/mol. The van der Waals surface area contributed by atoms with Crippen LogP contribution in [0.5, 0.6) is 5.75 Å². The van der Waals surface area contributed by atoms with Gasteiger partial charge in [-0.3, -0.25) is 9.98 Å². The summed E-state index contributed by atoms with van der Waals surface area (Å²) in [5, 5.41) is 0. The minimum Gasteiger partial charge on any atom is -0.487 e. The lowest BCUT2D eigenvalue weighted by Crippen LogP contribution is -2.06. The van der Waals surface area contributed by atoms with Gasteiger partial charge in [0.1, 0.15) is 12.4 Å². The van der Waals surface area contributed by atoms with Gasteiger partial charge in [0.05, 0.1) is 23.2 Å². The van der Waals surface area contributed by atoms with Crippen molar-refractivity contribution in [3.05, 3.63) is 66.0 Å². The van der Waals surface area contributed by atoms with Crippen LogP contribution in [0.2, 0.25) is 0 Å². The van der Waals surface area contributed by atoms with Crippen molar-refractivity contribution in [1.82, 2.24) is 4.98 Å². The summed E-state index contributed by atoms with van der Waals surface area (Å²) in [5.74, 6) is 0.537. The van der Waals surface area contributed by atoms with Crippen LogP contribution < -0.4 is 4.74 Å². The Morgan fingerprint density at radius 2 is 2.09 bits per heavy atom. The molecule has 6 heteroatoms. The van der Waals surface area contributed by atoms with Gasteiger partial charge in [0.25, 0.3) is 0 Å². The number of alkyl halides is 3. The molecular formula is C17H13F3N2O. The van der Waals surface area contributed by atoms with E-state index in [1.807, 2.05) is 0 Å². The first kappa shape index (κ1) is 15.3. The number of aliphatic imine (C=N–C) groups is 1. The Hall–Kier alpha value is -2.63. The van der Waals surface area contributed by atoms with E-state index in [4.69, 9.17) is 4.74 Å². The van der Waals surface area contributed by atoms with Gasteiger partial charge in [-0.1, -0.05) is 18.7 Å². The van der Waals surface area contributed by atoms with Crippen LogP contribution in [0.15, 0.2) is 54.3 Å². The lowest BCUT2D eigenvalue weighted by Gasteiger charge is -2.08. The molecule has 0 amide bonds. The second kappa shape index (κ2) is 5.87. The first-order valence-corrected chi connectivity index (χ1v) is 6.95. The highest BCUT2D eigenvalue weighted by Crippen LogP contribution is 2.37. The Balaban J connectivity index is 1.95. The lowest BCUT2D eigenvalue weighted by atomic mass is 10.0. The monoisotopic (exact) mass is 318 g/mol. The molecule has 0 saturated heterocycles. The number of hydrogen-bond donors (Lipinski definition) is 0. The Bertz CT molecular complexity index is 782. The number of pyridine rings is 1. The maximum absolute atomic E-state index is 12.8. The molecule has 2 aromatic rings. The first-order valence-electron chi connectivity index (χ1n) is 6.95. The summed E-state index contributed by atoms with van der Waals surface area (Å²) >= 11 is 0. The van der Waals surface area contributed by atoms with Crippen molar-refractivity contribution < 1.29 is 17.9 Å². The molecule has 0 unspecified atom stereocenters. The Labute approximate surface area is 131 Å². The van der Waals surface area contributed by atoms with Crippen molar-refractivity contribution in [3.63, 3.8) is 0 Å². The zero-order chi connectivity index (χ0) is 16.4. The topological polar surface area (TPSA) is 34.5 Å². The van der Waals surface area contributed by atoms with Crippen LogP contribution in [0, 0.1) is 0 Å². The molecule has 0 bridgehead atoms. The van der Waals surface area contributed by atoms with Gasteiger partial charge >= 0.3 is 6.18 Å². The molecule has 118 valence electrons. The summed E-state index contributed by atoms with van der Waals surface area (Å²) in [6.07, 6.45) is 0.857. The molecule has 0 spiro atoms. The Morgan fingerprint density at radius 3 is 2.83 bits per heavy atom. The van der Waals surface area contributed by atoms with Crippen LogP contribution in [-0.2, 0) is 12.6 Å². The van der Waals surface area contributed by atoms with E-state index in [2.05, 4.69) is 16.6 Å². The summed E-state index contributed by atoms with van der Waals surface area (Å²) in [5.41, 5.74) is 1.81. The summed E-state index contributed by atoms with van der Waals surface area (Å²) < 4.78 is 43.9. The third kappa shape index (κ3) is 3.11. The van der Waals surface area contributed by atoms with E-state index >= 15 is 0 Å². The normalized spacial score (nSPS) is 13.4. The first-order chi connectivity index (χ1) is 11.0. The van der Waals surface area contributed by atoms with Crippen molar-refractivity contribution in [2.45, 2.75) is 12.6 Å². The number of ether oxygens (including phenoxy) is 1. The van der Waals surface area contributed by atoms with Gasteiger partial charge in [0.2, 0.25) is 0 Å². The Morgan fingerprint density at radius 1 is 1.26 bits per heavy atom.